The predicted molar refractivity (Wildman–Crippen MR) is 126 cm³/mol. The summed E-state index contributed by atoms with van der Waals surface area (Å²) in [5.41, 5.74) is 1.58. The number of hydrogen-bond acceptors (Lipinski definition) is 4. The first-order valence-electron chi connectivity index (χ1n) is 11.2. The summed E-state index contributed by atoms with van der Waals surface area (Å²) in [6, 6.07) is 15.5. The lowest BCUT2D eigenvalue weighted by Crippen LogP contribution is -2.58. The summed E-state index contributed by atoms with van der Waals surface area (Å²) < 4.78 is 69.8. The molecule has 4 rings (SSSR count). The smallest absolute Gasteiger partial charge is 0.391 e. The zero-order valence-electron chi connectivity index (χ0n) is 18.7. The molecule has 0 aliphatic carbocycles. The highest BCUT2D eigenvalue weighted by Gasteiger charge is 2.49. The van der Waals surface area contributed by atoms with Crippen LogP contribution in [0.4, 0.5) is 13.2 Å². The van der Waals surface area contributed by atoms with Crippen molar-refractivity contribution in [1.82, 2.24) is 13.7 Å². The van der Waals surface area contributed by atoms with Crippen LogP contribution < -0.4 is 0 Å². The summed E-state index contributed by atoms with van der Waals surface area (Å²) in [5.74, 6) is -1.79. The maximum Gasteiger partial charge on any atom is 0.391 e. The third-order valence-corrected chi connectivity index (χ3v) is 8.82. The van der Waals surface area contributed by atoms with Crippen LogP contribution >= 0.6 is 11.6 Å². The van der Waals surface area contributed by atoms with Gasteiger partial charge < -0.3 is 5.21 Å². The lowest BCUT2D eigenvalue weighted by molar-refractivity contribution is -0.183. The molecular formula is C23H26ClF3N4O3S. The molecule has 2 aromatic carbocycles. The van der Waals surface area contributed by atoms with Crippen LogP contribution in [-0.4, -0.2) is 59.5 Å². The zero-order valence-corrected chi connectivity index (χ0v) is 20.3. The second-order valence-corrected chi connectivity index (χ2v) is 10.9. The Bertz CT molecular complexity index is 1120. The van der Waals surface area contributed by atoms with Gasteiger partial charge in [-0.3, -0.25) is 5.01 Å². The number of oxime groups is 1. The molecule has 2 heterocycles. The summed E-state index contributed by atoms with van der Waals surface area (Å²) in [6.45, 7) is -0.279. The Labute approximate surface area is 207 Å². The molecule has 2 atom stereocenters. The molecule has 190 valence electrons. The average molecular weight is 531 g/mol. The van der Waals surface area contributed by atoms with Gasteiger partial charge in [-0.15, -0.1) is 0 Å². The van der Waals surface area contributed by atoms with Crippen molar-refractivity contribution in [3.63, 3.8) is 0 Å². The molecule has 35 heavy (non-hydrogen) atoms. The highest BCUT2D eigenvalue weighted by Crippen LogP contribution is 2.45. The number of hydrogen-bond donors (Lipinski definition) is 1. The number of nitrogens with zero attached hydrogens (tertiary/aromatic N) is 4. The SMILES string of the molecule is O=S(=O)(N1CCC(C(F)(F)F)CC1)N1C(c2ccc(Cl)cc2)C(c2ccccc2)CCN1C=NO. The van der Waals surface area contributed by atoms with Gasteiger partial charge >= 0.3 is 6.18 Å². The number of alkyl halides is 3. The second-order valence-electron chi connectivity index (χ2n) is 8.69. The number of rotatable bonds is 5. The molecule has 2 aliphatic heterocycles. The van der Waals surface area contributed by atoms with Crippen molar-refractivity contribution in [3.8, 4) is 0 Å². The molecular weight excluding hydrogens is 505 g/mol. The molecule has 0 amide bonds. The summed E-state index contributed by atoms with van der Waals surface area (Å²) >= 11 is 6.08. The fourth-order valence-electron chi connectivity index (χ4n) is 4.89. The van der Waals surface area contributed by atoms with Crippen LogP contribution in [0.3, 0.4) is 0 Å². The van der Waals surface area contributed by atoms with Gasteiger partial charge in [-0.25, -0.2) is 0 Å². The topological polar surface area (TPSA) is 76.5 Å². The van der Waals surface area contributed by atoms with E-state index in [1.54, 1.807) is 24.3 Å². The Kier molecular flexibility index (Phi) is 7.60. The Balaban J connectivity index is 1.77. The van der Waals surface area contributed by atoms with Crippen LogP contribution in [0, 0.1) is 5.92 Å². The molecule has 1 N–H and O–H groups in total. The van der Waals surface area contributed by atoms with Crippen molar-refractivity contribution in [2.45, 2.75) is 37.4 Å². The van der Waals surface area contributed by atoms with E-state index in [0.717, 1.165) is 20.6 Å². The minimum Gasteiger partial charge on any atom is -0.410 e. The van der Waals surface area contributed by atoms with Gasteiger partial charge in [0.05, 0.1) is 12.0 Å². The molecule has 2 unspecified atom stereocenters. The Morgan fingerprint density at radius 1 is 0.943 bits per heavy atom. The van der Waals surface area contributed by atoms with E-state index < -0.39 is 28.3 Å². The normalized spacial score (nSPS) is 23.7. The van der Waals surface area contributed by atoms with Gasteiger partial charge in [-0.1, -0.05) is 63.6 Å². The van der Waals surface area contributed by atoms with Crippen LogP contribution in [-0.2, 0) is 10.2 Å². The molecule has 0 radical (unpaired) electrons. The van der Waals surface area contributed by atoms with Crippen LogP contribution in [0.1, 0.15) is 42.3 Å². The zero-order chi connectivity index (χ0) is 25.2. The van der Waals surface area contributed by atoms with Gasteiger partial charge in [-0.2, -0.15) is 25.9 Å². The van der Waals surface area contributed by atoms with E-state index in [1.807, 2.05) is 30.3 Å². The highest BCUT2D eigenvalue weighted by atomic mass is 35.5. The molecule has 2 saturated heterocycles. The number of piperidine rings is 1. The van der Waals surface area contributed by atoms with Crippen LogP contribution in [0.15, 0.2) is 59.8 Å². The molecule has 0 aromatic heterocycles. The van der Waals surface area contributed by atoms with E-state index in [1.165, 1.54) is 5.01 Å². The largest absolute Gasteiger partial charge is 0.410 e. The minimum atomic E-state index is -4.36. The first kappa shape index (κ1) is 25.7. The van der Waals surface area contributed by atoms with E-state index in [4.69, 9.17) is 11.6 Å². The average Bonchev–Trinajstić information content (AvgIpc) is 2.84. The van der Waals surface area contributed by atoms with Crippen LogP contribution in [0.5, 0.6) is 0 Å². The molecule has 12 heteroatoms. The van der Waals surface area contributed by atoms with Gasteiger partial charge in [0.15, 0.2) is 0 Å². The maximum absolute atomic E-state index is 14.0. The van der Waals surface area contributed by atoms with Gasteiger partial charge in [0.2, 0.25) is 0 Å². The van der Waals surface area contributed by atoms with Crippen LogP contribution in [0.2, 0.25) is 5.02 Å². The number of hydrazine groups is 1. The molecule has 0 spiro atoms. The minimum absolute atomic E-state index is 0.228. The first-order valence-corrected chi connectivity index (χ1v) is 13.0. The third kappa shape index (κ3) is 5.42. The highest BCUT2D eigenvalue weighted by molar-refractivity contribution is 7.86. The van der Waals surface area contributed by atoms with Gasteiger partial charge in [0.1, 0.15) is 6.34 Å². The fraction of sp³-hybridized carbons (Fsp3) is 0.435. The lowest BCUT2D eigenvalue weighted by atomic mass is 9.83. The van der Waals surface area contributed by atoms with Gasteiger partial charge in [-0.05, 0) is 42.5 Å². The lowest BCUT2D eigenvalue weighted by Gasteiger charge is -2.48. The van der Waals surface area contributed by atoms with Crippen molar-refractivity contribution >= 4 is 28.1 Å². The Morgan fingerprint density at radius 2 is 1.57 bits per heavy atom. The molecule has 2 aliphatic rings. The molecule has 2 aromatic rings. The van der Waals surface area contributed by atoms with E-state index in [-0.39, 0.29) is 38.4 Å². The third-order valence-electron chi connectivity index (χ3n) is 6.65. The summed E-state index contributed by atoms with van der Waals surface area (Å²) in [5, 5.41) is 14.1. The summed E-state index contributed by atoms with van der Waals surface area (Å²) in [4.78, 5) is 0. The number of halogens is 4. The quantitative estimate of drug-likeness (QED) is 0.255. The van der Waals surface area contributed by atoms with Crippen LogP contribution in [0.25, 0.3) is 0 Å². The summed E-state index contributed by atoms with van der Waals surface area (Å²) in [6.07, 6.45) is -3.41. The van der Waals surface area contributed by atoms with E-state index in [2.05, 4.69) is 5.16 Å². The van der Waals surface area contributed by atoms with Gasteiger partial charge in [0.25, 0.3) is 10.2 Å². The number of benzene rings is 2. The molecule has 2 fully saturated rings. The molecule has 0 bridgehead atoms. The van der Waals surface area contributed by atoms with E-state index in [9.17, 15) is 26.8 Å². The second kappa shape index (κ2) is 10.3. The predicted octanol–water partition coefficient (Wildman–Crippen LogP) is 5.02. The van der Waals surface area contributed by atoms with E-state index >= 15 is 0 Å². The Hall–Kier alpha value is -2.34. The van der Waals surface area contributed by atoms with E-state index in [0.29, 0.717) is 17.0 Å². The van der Waals surface area contributed by atoms with Crippen molar-refractivity contribution in [2.24, 2.45) is 11.1 Å². The maximum atomic E-state index is 14.0. The van der Waals surface area contributed by atoms with Crippen molar-refractivity contribution in [3.05, 3.63) is 70.7 Å². The van der Waals surface area contributed by atoms with Gasteiger partial charge in [0, 0.05) is 30.6 Å². The molecule has 7 nitrogen and oxygen atoms in total. The molecule has 0 saturated carbocycles. The fourth-order valence-corrected chi connectivity index (χ4v) is 6.87. The van der Waals surface area contributed by atoms with Crippen molar-refractivity contribution in [2.75, 3.05) is 19.6 Å². The van der Waals surface area contributed by atoms with Crippen molar-refractivity contribution < 1.29 is 26.8 Å². The monoisotopic (exact) mass is 530 g/mol. The Morgan fingerprint density at radius 3 is 2.14 bits per heavy atom. The first-order chi connectivity index (χ1) is 16.6. The standard InChI is InChI=1S/C23H26ClF3N4O3S/c24-20-8-6-18(7-9-20)22-21(17-4-2-1-3-5-17)12-13-29(16-28-32)31(22)35(33,34)30-14-10-19(11-15-30)23(25,26)27/h1-9,16,19,21-22,32H,10-15H2. The van der Waals surface area contributed by atoms with Crippen molar-refractivity contribution in [1.29, 1.82) is 0 Å². The summed E-state index contributed by atoms with van der Waals surface area (Å²) in [7, 11) is -4.28.